The molecule has 0 aliphatic heterocycles. The lowest BCUT2D eigenvalue weighted by Gasteiger charge is -2.15. The highest BCUT2D eigenvalue weighted by atomic mass is 16.1. The van der Waals surface area contributed by atoms with Gasteiger partial charge in [-0.05, 0) is 29.3 Å². The molecule has 0 atom stereocenters. The van der Waals surface area contributed by atoms with Crippen LogP contribution in [0.25, 0.3) is 39.5 Å². The second kappa shape index (κ2) is 9.92. The molecule has 0 aliphatic rings. The molecule has 2 aromatic heterocycles. The maximum absolute atomic E-state index is 14.2. The van der Waals surface area contributed by atoms with Crippen LogP contribution < -0.4 is 0 Å². The van der Waals surface area contributed by atoms with E-state index in [-0.39, 0.29) is 5.78 Å². The second-order valence-electron chi connectivity index (χ2n) is 8.80. The minimum Gasteiger partial charge on any atom is -0.290 e. The van der Waals surface area contributed by atoms with Gasteiger partial charge in [-0.1, -0.05) is 127 Å². The Bertz CT molecular complexity index is 1660. The molecular formula is C34H24N2O. The van der Waals surface area contributed by atoms with Crippen molar-refractivity contribution in [1.82, 2.24) is 9.55 Å². The summed E-state index contributed by atoms with van der Waals surface area (Å²) in [4.78, 5) is 19.2. The van der Waals surface area contributed by atoms with Gasteiger partial charge in [0.2, 0.25) is 5.78 Å². The third-order valence-corrected chi connectivity index (χ3v) is 6.44. The lowest BCUT2D eigenvalue weighted by atomic mass is 10.00. The van der Waals surface area contributed by atoms with E-state index < -0.39 is 0 Å². The maximum Gasteiger partial charge on any atom is 0.210 e. The van der Waals surface area contributed by atoms with Gasteiger partial charge >= 0.3 is 0 Å². The predicted molar refractivity (Wildman–Crippen MR) is 150 cm³/mol. The third-order valence-electron chi connectivity index (χ3n) is 6.44. The summed E-state index contributed by atoms with van der Waals surface area (Å²) < 4.78 is 2.01. The largest absolute Gasteiger partial charge is 0.290 e. The van der Waals surface area contributed by atoms with Crippen LogP contribution in [0.2, 0.25) is 0 Å². The van der Waals surface area contributed by atoms with E-state index >= 15 is 0 Å². The lowest BCUT2D eigenvalue weighted by Crippen LogP contribution is -2.12. The smallest absolute Gasteiger partial charge is 0.210 e. The molecule has 0 amide bonds. The van der Waals surface area contributed by atoms with Crippen LogP contribution in [-0.2, 0) is 0 Å². The zero-order chi connectivity index (χ0) is 25.0. The van der Waals surface area contributed by atoms with Crippen molar-refractivity contribution in [2.45, 2.75) is 0 Å². The molecule has 3 nitrogen and oxygen atoms in total. The number of hydrogen-bond acceptors (Lipinski definition) is 2. The van der Waals surface area contributed by atoms with Crippen LogP contribution in [0, 0.1) is 0 Å². The predicted octanol–water partition coefficient (Wildman–Crippen LogP) is 8.10. The average Bonchev–Trinajstić information content (AvgIpc) is 3.39. The minimum absolute atomic E-state index is 0.0476. The molecule has 37 heavy (non-hydrogen) atoms. The molecule has 176 valence electrons. The molecule has 0 bridgehead atoms. The van der Waals surface area contributed by atoms with E-state index in [9.17, 15) is 4.79 Å². The van der Waals surface area contributed by atoms with Crippen molar-refractivity contribution < 1.29 is 4.79 Å². The highest BCUT2D eigenvalue weighted by Crippen LogP contribution is 2.36. The SMILES string of the molecule is O=C(c1ccccc1)c1c(-c2ccccc2)cc(-c2ccccc2)n1-c1cccc(-c2ccccc2)n1. The van der Waals surface area contributed by atoms with Gasteiger partial charge in [0.05, 0.1) is 11.4 Å². The molecule has 6 aromatic rings. The second-order valence-corrected chi connectivity index (χ2v) is 8.80. The van der Waals surface area contributed by atoms with Gasteiger partial charge in [-0.15, -0.1) is 0 Å². The summed E-state index contributed by atoms with van der Waals surface area (Å²) in [5, 5.41) is 0. The first-order chi connectivity index (χ1) is 18.3. The zero-order valence-electron chi connectivity index (χ0n) is 20.2. The minimum atomic E-state index is -0.0476. The Morgan fingerprint density at radius 2 is 1.08 bits per heavy atom. The summed E-state index contributed by atoms with van der Waals surface area (Å²) in [6, 6.07) is 47.9. The zero-order valence-corrected chi connectivity index (χ0v) is 20.2. The Hall–Kier alpha value is -5.02. The number of rotatable bonds is 6. The molecule has 0 aliphatic carbocycles. The monoisotopic (exact) mass is 476 g/mol. The molecule has 0 fully saturated rings. The van der Waals surface area contributed by atoms with Gasteiger partial charge in [-0.2, -0.15) is 0 Å². The highest BCUT2D eigenvalue weighted by Gasteiger charge is 2.25. The van der Waals surface area contributed by atoms with Gasteiger partial charge in [0, 0.05) is 16.7 Å². The Morgan fingerprint density at radius 3 is 1.70 bits per heavy atom. The summed E-state index contributed by atoms with van der Waals surface area (Å²) in [5.74, 6) is 0.648. The van der Waals surface area contributed by atoms with Crippen LogP contribution in [0.1, 0.15) is 16.1 Å². The van der Waals surface area contributed by atoms with E-state index in [1.54, 1.807) is 0 Å². The van der Waals surface area contributed by atoms with E-state index in [2.05, 4.69) is 18.2 Å². The van der Waals surface area contributed by atoms with Crippen molar-refractivity contribution in [3.63, 3.8) is 0 Å². The van der Waals surface area contributed by atoms with Crippen molar-refractivity contribution in [3.05, 3.63) is 157 Å². The molecule has 4 aromatic carbocycles. The number of carbonyl (C=O) groups is 1. The number of ketones is 1. The summed E-state index contributed by atoms with van der Waals surface area (Å²) in [6.07, 6.45) is 0. The van der Waals surface area contributed by atoms with E-state index in [1.165, 1.54) is 0 Å². The number of aromatic nitrogens is 2. The number of benzene rings is 4. The van der Waals surface area contributed by atoms with Crippen LogP contribution in [-0.4, -0.2) is 15.3 Å². The van der Waals surface area contributed by atoms with Gasteiger partial charge in [-0.25, -0.2) is 4.98 Å². The molecule has 6 rings (SSSR count). The first-order valence-corrected chi connectivity index (χ1v) is 12.3. The van der Waals surface area contributed by atoms with Crippen LogP contribution in [0.3, 0.4) is 0 Å². The van der Waals surface area contributed by atoms with Crippen LogP contribution in [0.15, 0.2) is 146 Å². The summed E-state index contributed by atoms with van der Waals surface area (Å²) >= 11 is 0. The molecule has 0 saturated heterocycles. The lowest BCUT2D eigenvalue weighted by molar-refractivity contribution is 0.103. The Labute approximate surface area is 216 Å². The van der Waals surface area contributed by atoms with E-state index in [1.807, 2.05) is 132 Å². The highest BCUT2D eigenvalue weighted by molar-refractivity contribution is 6.13. The van der Waals surface area contributed by atoms with Gasteiger partial charge in [-0.3, -0.25) is 9.36 Å². The molecule has 3 heteroatoms. The fourth-order valence-electron chi connectivity index (χ4n) is 4.68. The quantitative estimate of drug-likeness (QED) is 0.228. The Morgan fingerprint density at radius 1 is 0.541 bits per heavy atom. The Balaban J connectivity index is 1.66. The van der Waals surface area contributed by atoms with Crippen LogP contribution >= 0.6 is 0 Å². The van der Waals surface area contributed by atoms with Crippen molar-refractivity contribution >= 4 is 5.78 Å². The number of hydrogen-bond donors (Lipinski definition) is 0. The first kappa shape index (κ1) is 22.4. The average molecular weight is 477 g/mol. The normalized spacial score (nSPS) is 10.8. The van der Waals surface area contributed by atoms with Gasteiger partial charge in [0.25, 0.3) is 0 Å². The van der Waals surface area contributed by atoms with Crippen molar-refractivity contribution in [1.29, 1.82) is 0 Å². The standard InChI is InChI=1S/C34H24N2O/c37-34(28-20-11-4-12-21-28)33-29(25-14-5-1-6-15-25)24-31(27-18-9-3-10-19-27)36(33)32-23-13-22-30(35-32)26-16-7-2-8-17-26/h1-24H. The molecule has 0 N–H and O–H groups in total. The molecule has 0 radical (unpaired) electrons. The maximum atomic E-state index is 14.2. The van der Waals surface area contributed by atoms with Crippen molar-refractivity contribution in [2.75, 3.05) is 0 Å². The van der Waals surface area contributed by atoms with E-state index in [4.69, 9.17) is 4.98 Å². The molecule has 0 spiro atoms. The Kier molecular flexibility index (Phi) is 6.02. The van der Waals surface area contributed by atoms with E-state index in [0.29, 0.717) is 17.1 Å². The molecule has 2 heterocycles. The fourth-order valence-corrected chi connectivity index (χ4v) is 4.68. The van der Waals surface area contributed by atoms with Crippen LogP contribution in [0.5, 0.6) is 0 Å². The van der Waals surface area contributed by atoms with Gasteiger partial charge in [0.15, 0.2) is 0 Å². The van der Waals surface area contributed by atoms with Gasteiger partial charge in [0.1, 0.15) is 11.5 Å². The number of carbonyl (C=O) groups excluding carboxylic acids is 1. The van der Waals surface area contributed by atoms with Crippen molar-refractivity contribution in [3.8, 4) is 39.5 Å². The number of nitrogens with zero attached hydrogens (tertiary/aromatic N) is 2. The molecule has 0 unspecified atom stereocenters. The molecule has 0 saturated carbocycles. The van der Waals surface area contributed by atoms with Crippen molar-refractivity contribution in [2.24, 2.45) is 0 Å². The summed E-state index contributed by atoms with van der Waals surface area (Å²) in [6.45, 7) is 0. The number of pyridine rings is 1. The first-order valence-electron chi connectivity index (χ1n) is 12.3. The van der Waals surface area contributed by atoms with Crippen LogP contribution in [0.4, 0.5) is 0 Å². The third kappa shape index (κ3) is 4.39. The van der Waals surface area contributed by atoms with Gasteiger partial charge < -0.3 is 0 Å². The fraction of sp³-hybridized carbons (Fsp3) is 0. The van der Waals surface area contributed by atoms with E-state index in [0.717, 1.165) is 33.6 Å². The summed E-state index contributed by atoms with van der Waals surface area (Å²) in [5.41, 5.74) is 6.89. The summed E-state index contributed by atoms with van der Waals surface area (Å²) in [7, 11) is 0. The topological polar surface area (TPSA) is 34.9 Å². The molecular weight excluding hydrogens is 452 g/mol.